The number of nitrogens with zero attached hydrogens (tertiary/aromatic N) is 1. The minimum absolute atomic E-state index is 0.0296. The minimum atomic E-state index is 0.0296. The van der Waals surface area contributed by atoms with E-state index in [2.05, 4.69) is 73.5 Å². The van der Waals surface area contributed by atoms with Crippen molar-refractivity contribution in [2.45, 2.75) is 18.8 Å². The second kappa shape index (κ2) is 4.57. The van der Waals surface area contributed by atoms with Crippen molar-refractivity contribution in [2.75, 3.05) is 20.1 Å². The maximum atomic E-state index is 2.45. The molecule has 1 aliphatic heterocycles. The molecule has 0 spiro atoms. The van der Waals surface area contributed by atoms with Crippen LogP contribution >= 0.6 is 0 Å². The van der Waals surface area contributed by atoms with Gasteiger partial charge in [0.05, 0.1) is 0 Å². The fourth-order valence-corrected chi connectivity index (χ4v) is 4.10. The third kappa shape index (κ3) is 1.74. The molecule has 2 aromatic rings. The Bertz CT molecular complexity index is 714. The normalized spacial score (nSPS) is 24.9. The fourth-order valence-electron chi connectivity index (χ4n) is 4.10. The number of rotatable bonds is 1. The summed E-state index contributed by atoms with van der Waals surface area (Å²) in [5, 5.41) is 0. The molecule has 2 aromatic carbocycles. The number of benzene rings is 2. The largest absolute Gasteiger partial charge is 0.302 e. The van der Waals surface area contributed by atoms with E-state index in [1.165, 1.54) is 23.1 Å². The maximum absolute atomic E-state index is 2.45. The fraction of sp³-hybridized carbons (Fsp3) is 0.300. The van der Waals surface area contributed by atoms with Crippen molar-refractivity contribution < 1.29 is 0 Å². The number of hydrogen-bond donors (Lipinski definition) is 0. The second-order valence-corrected chi connectivity index (χ2v) is 6.48. The van der Waals surface area contributed by atoms with Crippen molar-refractivity contribution in [3.63, 3.8) is 0 Å². The van der Waals surface area contributed by atoms with Gasteiger partial charge in [0.25, 0.3) is 0 Å². The first-order valence-electron chi connectivity index (χ1n) is 7.77. The predicted molar refractivity (Wildman–Crippen MR) is 88.4 cm³/mol. The summed E-state index contributed by atoms with van der Waals surface area (Å²) in [5.41, 5.74) is 7.60. The third-order valence-electron chi connectivity index (χ3n) is 5.28. The highest BCUT2D eigenvalue weighted by Gasteiger charge is 2.43. The molecular formula is C20H21N. The third-order valence-corrected chi connectivity index (χ3v) is 5.28. The molecule has 0 fully saturated rings. The first-order chi connectivity index (χ1) is 10.2. The number of hydrogen-bond acceptors (Lipinski definition) is 1. The lowest BCUT2D eigenvalue weighted by molar-refractivity contribution is 0.346. The first-order valence-corrected chi connectivity index (χ1v) is 7.77. The van der Waals surface area contributed by atoms with E-state index in [9.17, 15) is 0 Å². The van der Waals surface area contributed by atoms with Gasteiger partial charge in [-0.15, -0.1) is 0 Å². The minimum Gasteiger partial charge on any atom is -0.302 e. The van der Waals surface area contributed by atoms with Crippen LogP contribution < -0.4 is 0 Å². The molecule has 1 nitrogen and oxygen atoms in total. The summed E-state index contributed by atoms with van der Waals surface area (Å²) in [5.74, 6) is 0. The molecule has 1 aliphatic carbocycles. The molecule has 0 aromatic heterocycles. The summed E-state index contributed by atoms with van der Waals surface area (Å²) >= 11 is 0. The summed E-state index contributed by atoms with van der Waals surface area (Å²) in [6, 6.07) is 20.0. The van der Waals surface area contributed by atoms with Gasteiger partial charge in [-0.3, -0.25) is 0 Å². The zero-order valence-electron chi connectivity index (χ0n) is 12.8. The van der Waals surface area contributed by atoms with Crippen LogP contribution in [0.15, 0.2) is 60.2 Å². The highest BCUT2D eigenvalue weighted by atomic mass is 15.1. The van der Waals surface area contributed by atoms with Crippen molar-refractivity contribution in [1.29, 1.82) is 0 Å². The van der Waals surface area contributed by atoms with E-state index >= 15 is 0 Å². The van der Waals surface area contributed by atoms with Crippen LogP contribution in [0, 0.1) is 0 Å². The van der Waals surface area contributed by atoms with Crippen molar-refractivity contribution in [3.8, 4) is 0 Å². The Morgan fingerprint density at radius 2 is 1.67 bits per heavy atom. The van der Waals surface area contributed by atoms with Crippen LogP contribution in [0.25, 0.3) is 5.57 Å². The molecule has 1 heteroatoms. The Hall–Kier alpha value is -1.86. The lowest BCUT2D eigenvalue weighted by atomic mass is 9.73. The molecule has 2 aliphatic rings. The van der Waals surface area contributed by atoms with E-state index in [1.807, 2.05) is 0 Å². The van der Waals surface area contributed by atoms with E-state index in [-0.39, 0.29) is 5.41 Å². The highest BCUT2D eigenvalue weighted by Crippen LogP contribution is 2.52. The van der Waals surface area contributed by atoms with E-state index < -0.39 is 0 Å². The van der Waals surface area contributed by atoms with Crippen molar-refractivity contribution in [1.82, 2.24) is 4.90 Å². The number of likely N-dealkylation sites (N-methyl/N-ethyl adjacent to an activating group) is 1. The van der Waals surface area contributed by atoms with Gasteiger partial charge in [-0.1, -0.05) is 54.6 Å². The molecular weight excluding hydrogens is 254 g/mol. The molecule has 0 N–H and O–H groups in total. The molecule has 4 rings (SSSR count). The quantitative estimate of drug-likeness (QED) is 0.757. The van der Waals surface area contributed by atoms with E-state index in [0.29, 0.717) is 0 Å². The van der Waals surface area contributed by atoms with Crippen LogP contribution in [0.1, 0.15) is 30.0 Å². The van der Waals surface area contributed by atoms with Gasteiger partial charge in [0.2, 0.25) is 0 Å². The van der Waals surface area contributed by atoms with Gasteiger partial charge in [0.15, 0.2) is 0 Å². The summed E-state index contributed by atoms with van der Waals surface area (Å²) in [7, 11) is 2.23. The molecule has 0 amide bonds. The van der Waals surface area contributed by atoms with E-state index in [4.69, 9.17) is 0 Å². The molecule has 1 unspecified atom stereocenters. The molecule has 21 heavy (non-hydrogen) atoms. The second-order valence-electron chi connectivity index (χ2n) is 6.48. The van der Waals surface area contributed by atoms with Gasteiger partial charge in [-0.05, 0) is 48.2 Å². The zero-order chi connectivity index (χ0) is 14.4. The molecule has 1 heterocycles. The van der Waals surface area contributed by atoms with Crippen LogP contribution in [0.5, 0.6) is 0 Å². The summed E-state index contributed by atoms with van der Waals surface area (Å²) in [6.07, 6.45) is 1.17. The maximum Gasteiger partial charge on any atom is 0.0407 e. The van der Waals surface area contributed by atoms with Gasteiger partial charge in [-0.25, -0.2) is 0 Å². The van der Waals surface area contributed by atoms with Crippen molar-refractivity contribution in [2.24, 2.45) is 0 Å². The van der Waals surface area contributed by atoms with Crippen LogP contribution in [-0.4, -0.2) is 25.0 Å². The number of fused-ring (bicyclic) bond motifs is 2. The molecule has 1 atom stereocenters. The Morgan fingerprint density at radius 3 is 2.48 bits per heavy atom. The Labute approximate surface area is 126 Å². The van der Waals surface area contributed by atoms with Crippen molar-refractivity contribution in [3.05, 3.63) is 76.9 Å². The van der Waals surface area contributed by atoms with Crippen LogP contribution in [0.2, 0.25) is 0 Å². The van der Waals surface area contributed by atoms with Crippen LogP contribution in [-0.2, 0) is 5.41 Å². The van der Waals surface area contributed by atoms with Crippen LogP contribution in [0.4, 0.5) is 0 Å². The molecule has 106 valence electrons. The van der Waals surface area contributed by atoms with Crippen molar-refractivity contribution >= 4 is 5.57 Å². The monoisotopic (exact) mass is 275 g/mol. The average Bonchev–Trinajstić information content (AvgIpc) is 2.79. The summed E-state index contributed by atoms with van der Waals surface area (Å²) in [6.45, 7) is 4.65. The topological polar surface area (TPSA) is 3.24 Å². The highest BCUT2D eigenvalue weighted by molar-refractivity contribution is 5.83. The SMILES string of the molecule is CN1CCC2=C(C1)C(C)(c1ccccc1)c1ccccc12. The van der Waals surface area contributed by atoms with Gasteiger partial charge in [0, 0.05) is 18.5 Å². The first kappa shape index (κ1) is 12.8. The summed E-state index contributed by atoms with van der Waals surface area (Å²) in [4.78, 5) is 2.45. The molecule has 0 bridgehead atoms. The smallest absolute Gasteiger partial charge is 0.0407 e. The van der Waals surface area contributed by atoms with E-state index in [0.717, 1.165) is 13.1 Å². The molecule has 0 saturated heterocycles. The van der Waals surface area contributed by atoms with Gasteiger partial charge < -0.3 is 4.90 Å². The molecule has 0 saturated carbocycles. The standard InChI is InChI=1S/C20H21N/c1-20(15-8-4-3-5-9-15)18-11-7-6-10-16(18)17-12-13-21(2)14-19(17)20/h3-11H,12-14H2,1-2H3. The lowest BCUT2D eigenvalue weighted by Gasteiger charge is -2.35. The van der Waals surface area contributed by atoms with Gasteiger partial charge in [-0.2, -0.15) is 0 Å². The Morgan fingerprint density at radius 1 is 0.952 bits per heavy atom. The summed E-state index contributed by atoms with van der Waals surface area (Å²) < 4.78 is 0. The van der Waals surface area contributed by atoms with E-state index in [1.54, 1.807) is 11.1 Å². The Balaban J connectivity index is 1.99. The van der Waals surface area contributed by atoms with Gasteiger partial charge in [0.1, 0.15) is 0 Å². The van der Waals surface area contributed by atoms with Gasteiger partial charge >= 0.3 is 0 Å². The Kier molecular flexibility index (Phi) is 2.80. The van der Waals surface area contributed by atoms with Crippen LogP contribution in [0.3, 0.4) is 0 Å². The zero-order valence-corrected chi connectivity index (χ0v) is 12.8. The predicted octanol–water partition coefficient (Wildman–Crippen LogP) is 4.10. The molecule has 0 radical (unpaired) electrons. The average molecular weight is 275 g/mol. The lowest BCUT2D eigenvalue weighted by Crippen LogP contribution is -2.34.